The fraction of sp³-hybridized carbons (Fsp3) is 0.103. The molecule has 172 valence electrons. The van der Waals surface area contributed by atoms with Crippen molar-refractivity contribution in [2.24, 2.45) is 7.05 Å². The quantitative estimate of drug-likeness (QED) is 0.267. The smallest absolute Gasteiger partial charge is 1.00 e. The molecule has 0 aliphatic heterocycles. The van der Waals surface area contributed by atoms with Crippen LogP contribution in [-0.4, -0.2) is 4.57 Å². The fourth-order valence-electron chi connectivity index (χ4n) is 5.91. The molecule has 0 N–H and O–H groups in total. The predicted molar refractivity (Wildman–Crippen MR) is 140 cm³/mol. The predicted octanol–water partition coefficient (Wildman–Crippen LogP) is 0.773. The molecule has 0 spiro atoms. The first-order chi connectivity index (χ1) is 16.1. The van der Waals surface area contributed by atoms with Gasteiger partial charge in [-0.05, 0) is 0 Å². The maximum Gasteiger partial charge on any atom is -1.00 e. The Bertz CT molecular complexity index is 1670. The van der Waals surface area contributed by atoms with Crippen molar-refractivity contribution in [2.75, 3.05) is 0 Å². The molecule has 2 aliphatic rings. The number of nitrogens with zero attached hydrogens (tertiary/aromatic N) is 1. The van der Waals surface area contributed by atoms with Crippen molar-refractivity contribution < 1.29 is 44.5 Å². The second-order valence-corrected chi connectivity index (χ2v) is 16.7. The second-order valence-electron chi connectivity index (χ2n) is 9.06. The van der Waals surface area contributed by atoms with Crippen LogP contribution in [0.15, 0.2) is 83.3 Å². The molecule has 1 aromatic heterocycles. The molecular weight excluding hydrogens is 636 g/mol. The molecule has 0 saturated heterocycles. The summed E-state index contributed by atoms with van der Waals surface area (Å²) < 4.78 is 6.42. The van der Waals surface area contributed by atoms with Crippen LogP contribution in [0.1, 0.15) is 22.4 Å². The van der Waals surface area contributed by atoms with E-state index in [4.69, 9.17) is 8.86 Å². The molecule has 0 atom stereocenters. The summed E-state index contributed by atoms with van der Waals surface area (Å²) in [5, 5.41) is 1.35. The largest absolute Gasteiger partial charge is 1.00 e. The summed E-state index contributed by atoms with van der Waals surface area (Å²) in [4.78, 5) is 0. The minimum Gasteiger partial charge on any atom is -1.00 e. The molecule has 1 nitrogen and oxygen atoms in total. The van der Waals surface area contributed by atoms with E-state index >= 15 is 0 Å². The van der Waals surface area contributed by atoms with Crippen molar-refractivity contribution in [2.45, 2.75) is 12.8 Å². The van der Waals surface area contributed by atoms with E-state index in [9.17, 15) is 0 Å². The van der Waals surface area contributed by atoms with Gasteiger partial charge in [0.25, 0.3) is 0 Å². The minimum atomic E-state index is -2.61. The summed E-state index contributed by atoms with van der Waals surface area (Å²) >= 11 is 1.21. The van der Waals surface area contributed by atoms with Crippen LogP contribution >= 0.6 is 24.8 Å². The van der Waals surface area contributed by atoms with E-state index in [0.717, 1.165) is 17.3 Å². The Morgan fingerprint density at radius 3 is 2.34 bits per heavy atom. The Hall–Kier alpha value is -1.42. The number of hydrogen-bond donors (Lipinski definition) is 0. The zero-order valence-electron chi connectivity index (χ0n) is 18.9. The van der Waals surface area contributed by atoms with Gasteiger partial charge < -0.3 is 24.8 Å². The first-order valence-electron chi connectivity index (χ1n) is 11.3. The van der Waals surface area contributed by atoms with Gasteiger partial charge in [-0.15, -0.1) is 0 Å². The third-order valence-electron chi connectivity index (χ3n) is 7.33. The second kappa shape index (κ2) is 9.47. The number of hydrogen-bond acceptors (Lipinski definition) is 1. The van der Waals surface area contributed by atoms with Crippen molar-refractivity contribution in [3.05, 3.63) is 106 Å². The van der Waals surface area contributed by atoms with E-state index in [1.165, 1.54) is 62.1 Å². The van der Waals surface area contributed by atoms with Gasteiger partial charge in [0.2, 0.25) is 0 Å². The summed E-state index contributed by atoms with van der Waals surface area (Å²) in [6.45, 7) is 0. The molecule has 0 fully saturated rings. The van der Waals surface area contributed by atoms with Crippen molar-refractivity contribution in [3.63, 3.8) is 0 Å². The summed E-state index contributed by atoms with van der Waals surface area (Å²) in [5.74, 6) is 0. The summed E-state index contributed by atoms with van der Waals surface area (Å²) in [6, 6.07) is 29.2. The maximum absolute atomic E-state index is 6.57. The van der Waals surface area contributed by atoms with E-state index in [0.29, 0.717) is 0 Å². The molecule has 0 bridgehead atoms. The molecule has 6 heteroatoms. The van der Waals surface area contributed by atoms with E-state index in [2.05, 4.69) is 106 Å². The van der Waals surface area contributed by atoms with Crippen molar-refractivity contribution in [1.29, 1.82) is 0 Å². The molecule has 4 aromatic carbocycles. The zero-order chi connectivity index (χ0) is 22.3. The van der Waals surface area contributed by atoms with Crippen LogP contribution in [-0.2, 0) is 39.6 Å². The van der Waals surface area contributed by atoms with Crippen LogP contribution in [0.5, 0.6) is 0 Å². The first-order valence-corrected chi connectivity index (χ1v) is 17.9. The molecule has 0 saturated carbocycles. The van der Waals surface area contributed by atoms with Crippen LogP contribution in [0.4, 0.5) is 0 Å². The van der Waals surface area contributed by atoms with Crippen molar-refractivity contribution in [1.82, 2.24) is 4.57 Å². The van der Waals surface area contributed by atoms with Gasteiger partial charge in [0.1, 0.15) is 0 Å². The van der Waals surface area contributed by atoms with E-state index < -0.39 is 19.7 Å². The third-order valence-corrected chi connectivity index (χ3v) is 14.8. The van der Waals surface area contributed by atoms with Gasteiger partial charge in [-0.1, -0.05) is 0 Å². The van der Waals surface area contributed by atoms with Gasteiger partial charge >= 0.3 is 214 Å². The fourth-order valence-corrected chi connectivity index (χ4v) is 13.5. The number of aromatic nitrogens is 1. The van der Waals surface area contributed by atoms with Gasteiger partial charge in [-0.3, -0.25) is 0 Å². The monoisotopic (exact) mass is 653 g/mol. The number of para-hydroxylation sites is 1. The molecule has 0 radical (unpaired) electrons. The maximum atomic E-state index is 6.57. The van der Waals surface area contributed by atoms with Gasteiger partial charge in [0.05, 0.1) is 0 Å². The average Bonchev–Trinajstić information content (AvgIpc) is 3.48. The Morgan fingerprint density at radius 2 is 1.49 bits per heavy atom. The number of halogens is 3. The Kier molecular flexibility index (Phi) is 6.83. The summed E-state index contributed by atoms with van der Waals surface area (Å²) in [5.41, 5.74) is 12.7. The van der Waals surface area contributed by atoms with Crippen molar-refractivity contribution in [3.8, 4) is 22.3 Å². The van der Waals surface area contributed by atoms with Crippen LogP contribution in [0.2, 0.25) is 0 Å². The SMILES string of the molecule is Cn1c2c(c3ccccc31)-c1c(cc(Br)c[c]1[Zr+2](=[S])[c]1cccc3c1-c1ccccc1C3)C2.[Cl-].[Cl-]. The van der Waals surface area contributed by atoms with E-state index in [1.807, 2.05) is 0 Å². The van der Waals surface area contributed by atoms with Gasteiger partial charge in [0.15, 0.2) is 0 Å². The molecule has 1 heterocycles. The van der Waals surface area contributed by atoms with Gasteiger partial charge in [0, 0.05) is 0 Å². The Balaban J connectivity index is 0.00000127. The average molecular weight is 657 g/mol. The standard InChI is InChI=1S/C16H11BrN.C13H9.2ClH.S.Zr/c1-18-14-5-3-2-4-13(14)16-12-7-6-11(17)8-10(12)9-15(16)18;1-3-7-12-10(5-1)9-11-6-2-4-8-13(11)12;;;;/h2-6,8H,9H2,1H3;1-7H,9H2;2*1H;;/q;;;;;+2/p-2. The molecule has 7 rings (SSSR count). The number of rotatable bonds is 2. The molecule has 5 aromatic rings. The number of benzene rings is 4. The topological polar surface area (TPSA) is 4.93 Å². The van der Waals surface area contributed by atoms with Crippen molar-refractivity contribution >= 4 is 42.2 Å². The molecule has 0 unspecified atom stereocenters. The van der Waals surface area contributed by atoms with Gasteiger partial charge in [-0.2, -0.15) is 0 Å². The molecular formula is C29H20BrCl2NSZr. The van der Waals surface area contributed by atoms with Crippen LogP contribution in [0.25, 0.3) is 33.2 Å². The summed E-state index contributed by atoms with van der Waals surface area (Å²) in [7, 11) is 8.77. The molecule has 2 aliphatic carbocycles. The van der Waals surface area contributed by atoms with E-state index in [-0.39, 0.29) is 24.8 Å². The minimum absolute atomic E-state index is 0. The van der Waals surface area contributed by atoms with Crippen LogP contribution in [0, 0.1) is 0 Å². The number of aryl methyl sites for hydroxylation is 1. The third kappa shape index (κ3) is 3.71. The van der Waals surface area contributed by atoms with Gasteiger partial charge in [-0.25, -0.2) is 0 Å². The molecule has 35 heavy (non-hydrogen) atoms. The first kappa shape index (κ1) is 25.2. The Labute approximate surface area is 237 Å². The molecule has 0 amide bonds. The number of fused-ring (bicyclic) bond motifs is 8. The van der Waals surface area contributed by atoms with Crippen LogP contribution in [0.3, 0.4) is 0 Å². The zero-order valence-corrected chi connectivity index (χ0v) is 25.3. The van der Waals surface area contributed by atoms with Crippen LogP contribution < -0.4 is 31.4 Å². The summed E-state index contributed by atoms with van der Waals surface area (Å²) in [6.07, 6.45) is 2.00. The normalized spacial score (nSPS) is 12.0. The van der Waals surface area contributed by atoms with E-state index in [1.54, 1.807) is 0 Å². The Morgan fingerprint density at radius 1 is 0.743 bits per heavy atom.